The van der Waals surface area contributed by atoms with Crippen LogP contribution in [0, 0.1) is 0 Å². The first-order valence-electron chi connectivity index (χ1n) is 8.51. The summed E-state index contributed by atoms with van der Waals surface area (Å²) < 4.78 is 26.1. The Morgan fingerprint density at radius 3 is 2.15 bits per heavy atom. The maximum absolute atomic E-state index is 12.4. The molecule has 0 radical (unpaired) electrons. The molecule has 6 heteroatoms. The lowest BCUT2D eigenvalue weighted by atomic mass is 9.86. The first-order chi connectivity index (χ1) is 12.1. The first-order valence-corrected chi connectivity index (χ1v) is 10.4. The van der Waals surface area contributed by atoms with Crippen molar-refractivity contribution >= 4 is 27.3 Å². The second-order valence-electron chi connectivity index (χ2n) is 7.27. The summed E-state index contributed by atoms with van der Waals surface area (Å²) in [6.45, 7) is 6.20. The molecule has 26 heavy (non-hydrogen) atoms. The van der Waals surface area contributed by atoms with E-state index in [9.17, 15) is 13.2 Å². The minimum atomic E-state index is -3.52. The Bertz CT molecular complexity index is 856. The van der Waals surface area contributed by atoms with Gasteiger partial charge in [-0.1, -0.05) is 57.2 Å². The summed E-state index contributed by atoms with van der Waals surface area (Å²) in [5.74, 6) is -0.224. The fraction of sp³-hybridized carbons (Fsp3) is 0.350. The van der Waals surface area contributed by atoms with E-state index >= 15 is 0 Å². The third-order valence-corrected chi connectivity index (χ3v) is 5.16. The molecule has 0 atom stereocenters. The third kappa shape index (κ3) is 5.33. The molecule has 0 fully saturated rings. The summed E-state index contributed by atoms with van der Waals surface area (Å²) in [4.78, 5) is 12.2. The highest BCUT2D eigenvalue weighted by molar-refractivity contribution is 7.92. The number of rotatable bonds is 6. The molecule has 0 aliphatic rings. The topological polar surface area (TPSA) is 66.5 Å². The zero-order valence-corrected chi connectivity index (χ0v) is 16.5. The molecule has 0 unspecified atom stereocenters. The number of amides is 1. The molecule has 140 valence electrons. The lowest BCUT2D eigenvalue weighted by Crippen LogP contribution is -2.34. The molecular formula is C20H26N2O3S. The summed E-state index contributed by atoms with van der Waals surface area (Å²) in [6, 6.07) is 16.5. The molecule has 0 saturated carbocycles. The minimum absolute atomic E-state index is 0.0699. The molecule has 2 aromatic carbocycles. The highest BCUT2D eigenvalue weighted by atomic mass is 32.2. The van der Waals surface area contributed by atoms with E-state index in [-0.39, 0.29) is 24.3 Å². The fourth-order valence-electron chi connectivity index (χ4n) is 2.74. The zero-order chi connectivity index (χ0) is 19.4. The van der Waals surface area contributed by atoms with Crippen LogP contribution in [-0.2, 0) is 20.2 Å². The minimum Gasteiger partial charge on any atom is -0.326 e. The van der Waals surface area contributed by atoms with Gasteiger partial charge in [0, 0.05) is 18.7 Å². The lowest BCUT2D eigenvalue weighted by Gasteiger charge is -2.30. The summed E-state index contributed by atoms with van der Waals surface area (Å²) in [6.07, 6.45) is 1.24. The van der Waals surface area contributed by atoms with Crippen LogP contribution in [0.3, 0.4) is 0 Å². The van der Waals surface area contributed by atoms with E-state index in [4.69, 9.17) is 0 Å². The van der Waals surface area contributed by atoms with Crippen molar-refractivity contribution in [1.29, 1.82) is 0 Å². The average Bonchev–Trinajstić information content (AvgIpc) is 2.54. The summed E-state index contributed by atoms with van der Waals surface area (Å²) >= 11 is 0. The molecule has 2 rings (SSSR count). The molecule has 0 saturated heterocycles. The van der Waals surface area contributed by atoms with Crippen molar-refractivity contribution in [1.82, 2.24) is 0 Å². The predicted octanol–water partition coefficient (Wildman–Crippen LogP) is 3.78. The largest absolute Gasteiger partial charge is 0.326 e. The van der Waals surface area contributed by atoms with E-state index in [1.807, 2.05) is 57.2 Å². The molecule has 1 amide bonds. The Balaban J connectivity index is 2.21. The molecule has 0 heterocycles. The highest BCUT2D eigenvalue weighted by Gasteiger charge is 2.25. The third-order valence-electron chi connectivity index (χ3n) is 3.98. The van der Waals surface area contributed by atoms with Crippen LogP contribution in [-0.4, -0.2) is 27.1 Å². The summed E-state index contributed by atoms with van der Waals surface area (Å²) in [7, 11) is -3.52. The number of sulfonamides is 1. The van der Waals surface area contributed by atoms with Gasteiger partial charge in [-0.2, -0.15) is 0 Å². The van der Waals surface area contributed by atoms with Crippen LogP contribution < -0.4 is 9.62 Å². The van der Waals surface area contributed by atoms with Gasteiger partial charge in [0.2, 0.25) is 15.9 Å². The van der Waals surface area contributed by atoms with Gasteiger partial charge >= 0.3 is 0 Å². The van der Waals surface area contributed by atoms with Gasteiger partial charge in [0.05, 0.1) is 11.9 Å². The zero-order valence-electron chi connectivity index (χ0n) is 15.7. The predicted molar refractivity (Wildman–Crippen MR) is 107 cm³/mol. The van der Waals surface area contributed by atoms with E-state index in [1.54, 1.807) is 18.2 Å². The number of para-hydroxylation sites is 2. The first kappa shape index (κ1) is 20.0. The average molecular weight is 375 g/mol. The van der Waals surface area contributed by atoms with Crippen molar-refractivity contribution in [2.75, 3.05) is 22.4 Å². The van der Waals surface area contributed by atoms with Crippen LogP contribution in [0.15, 0.2) is 54.6 Å². The number of carbonyl (C=O) groups excluding carboxylic acids is 1. The number of carbonyl (C=O) groups is 1. The SMILES string of the molecule is CC(C)(C)c1ccccc1N(CCC(=O)Nc1ccccc1)S(C)(=O)=O. The monoisotopic (exact) mass is 374 g/mol. The van der Waals surface area contributed by atoms with Crippen LogP contribution in [0.4, 0.5) is 11.4 Å². The maximum atomic E-state index is 12.4. The Kier molecular flexibility index (Phi) is 6.08. The maximum Gasteiger partial charge on any atom is 0.232 e. The Morgan fingerprint density at radius 2 is 1.58 bits per heavy atom. The van der Waals surface area contributed by atoms with Crippen molar-refractivity contribution < 1.29 is 13.2 Å². The van der Waals surface area contributed by atoms with Crippen molar-refractivity contribution in [2.24, 2.45) is 0 Å². The molecule has 0 aliphatic heterocycles. The second-order valence-corrected chi connectivity index (χ2v) is 9.17. The van der Waals surface area contributed by atoms with E-state index in [0.717, 1.165) is 5.56 Å². The Morgan fingerprint density at radius 1 is 1.00 bits per heavy atom. The van der Waals surface area contributed by atoms with E-state index in [1.165, 1.54) is 10.6 Å². The van der Waals surface area contributed by atoms with Gasteiger partial charge in [-0.05, 0) is 29.2 Å². The molecule has 0 aliphatic carbocycles. The molecule has 5 nitrogen and oxygen atoms in total. The lowest BCUT2D eigenvalue weighted by molar-refractivity contribution is -0.116. The number of nitrogens with one attached hydrogen (secondary N) is 1. The van der Waals surface area contributed by atoms with Crippen molar-refractivity contribution in [3.05, 3.63) is 60.2 Å². The fourth-order valence-corrected chi connectivity index (χ4v) is 3.68. The number of nitrogens with zero attached hydrogens (tertiary/aromatic N) is 1. The highest BCUT2D eigenvalue weighted by Crippen LogP contribution is 2.33. The summed E-state index contributed by atoms with van der Waals surface area (Å²) in [5, 5.41) is 2.78. The molecule has 0 bridgehead atoms. The summed E-state index contributed by atoms with van der Waals surface area (Å²) in [5.41, 5.74) is 2.02. The molecule has 0 spiro atoms. The van der Waals surface area contributed by atoms with Crippen molar-refractivity contribution in [3.8, 4) is 0 Å². The molecule has 2 aromatic rings. The standard InChI is InChI=1S/C20H26N2O3S/c1-20(2,3)17-12-8-9-13-18(17)22(26(4,24)25)15-14-19(23)21-16-10-6-5-7-11-16/h5-13H,14-15H2,1-4H3,(H,21,23). The number of hydrogen-bond acceptors (Lipinski definition) is 3. The van der Waals surface area contributed by atoms with E-state index in [2.05, 4.69) is 5.32 Å². The van der Waals surface area contributed by atoms with Gasteiger partial charge in [-0.15, -0.1) is 0 Å². The number of hydrogen-bond donors (Lipinski definition) is 1. The normalized spacial score (nSPS) is 11.8. The van der Waals surface area contributed by atoms with Gasteiger partial charge in [0.15, 0.2) is 0 Å². The Labute approximate surface area is 156 Å². The van der Waals surface area contributed by atoms with E-state index < -0.39 is 10.0 Å². The quantitative estimate of drug-likeness (QED) is 0.837. The van der Waals surface area contributed by atoms with Gasteiger partial charge < -0.3 is 5.32 Å². The van der Waals surface area contributed by atoms with Crippen LogP contribution in [0.5, 0.6) is 0 Å². The van der Waals surface area contributed by atoms with Gasteiger partial charge in [0.25, 0.3) is 0 Å². The number of anilines is 2. The second kappa shape index (κ2) is 7.91. The van der Waals surface area contributed by atoms with Gasteiger partial charge in [0.1, 0.15) is 0 Å². The smallest absolute Gasteiger partial charge is 0.232 e. The molecule has 1 N–H and O–H groups in total. The van der Waals surface area contributed by atoms with Crippen LogP contribution in [0.25, 0.3) is 0 Å². The van der Waals surface area contributed by atoms with Gasteiger partial charge in [-0.3, -0.25) is 9.10 Å². The van der Waals surface area contributed by atoms with Crippen molar-refractivity contribution in [3.63, 3.8) is 0 Å². The van der Waals surface area contributed by atoms with Crippen LogP contribution in [0.1, 0.15) is 32.8 Å². The van der Waals surface area contributed by atoms with E-state index in [0.29, 0.717) is 11.4 Å². The van der Waals surface area contributed by atoms with Crippen LogP contribution >= 0.6 is 0 Å². The Hall–Kier alpha value is -2.34. The molecular weight excluding hydrogens is 348 g/mol. The van der Waals surface area contributed by atoms with Gasteiger partial charge in [-0.25, -0.2) is 8.42 Å². The van der Waals surface area contributed by atoms with Crippen LogP contribution in [0.2, 0.25) is 0 Å². The molecule has 0 aromatic heterocycles. The number of benzene rings is 2. The van der Waals surface area contributed by atoms with Crippen molar-refractivity contribution in [2.45, 2.75) is 32.6 Å².